The standard InChI is InChI=1S/C5H12N3O/c1-7-5(6)8-3-4-9-2/h3-4H2,1-2H3,(H2,6,8). The van der Waals surface area contributed by atoms with Crippen LogP contribution in [0.2, 0.25) is 0 Å². The third-order valence-corrected chi connectivity index (χ3v) is 0.798. The van der Waals surface area contributed by atoms with Crippen LogP contribution in [-0.4, -0.2) is 33.3 Å². The van der Waals surface area contributed by atoms with E-state index < -0.39 is 0 Å². The maximum Gasteiger partial charge on any atom is 0.210 e. The molecule has 9 heavy (non-hydrogen) atoms. The number of nitrogens with zero attached hydrogens (tertiary/aromatic N) is 2. The molecule has 0 bridgehead atoms. The second kappa shape index (κ2) is 5.37. The minimum atomic E-state index is 0.326. The van der Waals surface area contributed by atoms with E-state index >= 15 is 0 Å². The summed E-state index contributed by atoms with van der Waals surface area (Å²) in [5, 5.41) is 3.63. The molecule has 0 rings (SSSR count). The van der Waals surface area contributed by atoms with Crippen molar-refractivity contribution in [3.8, 4) is 0 Å². The molecule has 0 aliphatic heterocycles. The summed E-state index contributed by atoms with van der Waals surface area (Å²) >= 11 is 0. The summed E-state index contributed by atoms with van der Waals surface area (Å²) in [5.41, 5.74) is 5.24. The molecular weight excluding hydrogens is 118 g/mol. The third-order valence-electron chi connectivity index (χ3n) is 0.798. The second-order valence-corrected chi connectivity index (χ2v) is 1.46. The van der Waals surface area contributed by atoms with Crippen LogP contribution in [0.4, 0.5) is 0 Å². The van der Waals surface area contributed by atoms with Gasteiger partial charge >= 0.3 is 0 Å². The van der Waals surface area contributed by atoms with Crippen molar-refractivity contribution in [1.29, 1.82) is 0 Å². The Morgan fingerprint density at radius 3 is 2.78 bits per heavy atom. The number of nitrogens with two attached hydrogens (primary N) is 1. The molecule has 4 heteroatoms. The van der Waals surface area contributed by atoms with Crippen LogP contribution in [0.1, 0.15) is 0 Å². The lowest BCUT2D eigenvalue weighted by molar-refractivity contribution is 0.208. The SMILES string of the molecule is C[N]C(N)=NCCOC. The van der Waals surface area contributed by atoms with E-state index in [0.29, 0.717) is 19.1 Å². The predicted molar refractivity (Wildman–Crippen MR) is 36.4 cm³/mol. The summed E-state index contributed by atoms with van der Waals surface area (Å²) in [6, 6.07) is 0. The van der Waals surface area contributed by atoms with Gasteiger partial charge in [0.25, 0.3) is 0 Å². The maximum atomic E-state index is 5.24. The summed E-state index contributed by atoms with van der Waals surface area (Å²) in [6.45, 7) is 1.18. The Hall–Kier alpha value is -0.770. The van der Waals surface area contributed by atoms with Crippen LogP contribution in [0.15, 0.2) is 4.99 Å². The fourth-order valence-electron chi connectivity index (χ4n) is 0.322. The average Bonchev–Trinajstić information content (AvgIpc) is 1.89. The summed E-state index contributed by atoms with van der Waals surface area (Å²) in [6.07, 6.45) is 0. The molecule has 0 aromatic rings. The van der Waals surface area contributed by atoms with Crippen LogP contribution >= 0.6 is 0 Å². The number of guanidine groups is 1. The van der Waals surface area contributed by atoms with E-state index in [2.05, 4.69) is 10.3 Å². The van der Waals surface area contributed by atoms with Crippen LogP contribution in [0.25, 0.3) is 0 Å². The molecule has 0 spiro atoms. The average molecular weight is 130 g/mol. The zero-order valence-corrected chi connectivity index (χ0v) is 5.79. The number of rotatable bonds is 3. The Morgan fingerprint density at radius 1 is 1.67 bits per heavy atom. The lowest BCUT2D eigenvalue weighted by Crippen LogP contribution is -2.22. The van der Waals surface area contributed by atoms with Gasteiger partial charge in [-0.3, -0.25) is 5.32 Å². The minimum absolute atomic E-state index is 0.326. The van der Waals surface area contributed by atoms with E-state index in [1.165, 1.54) is 0 Å². The van der Waals surface area contributed by atoms with Gasteiger partial charge in [-0.2, -0.15) is 0 Å². The molecule has 0 unspecified atom stereocenters. The Labute approximate surface area is 55.1 Å². The highest BCUT2D eigenvalue weighted by Gasteiger charge is 1.84. The Kier molecular flexibility index (Phi) is 4.91. The Balaban J connectivity index is 3.21. The van der Waals surface area contributed by atoms with Gasteiger partial charge in [0.05, 0.1) is 13.2 Å². The Morgan fingerprint density at radius 2 is 2.33 bits per heavy atom. The topological polar surface area (TPSA) is 61.7 Å². The molecule has 4 nitrogen and oxygen atoms in total. The molecule has 0 fully saturated rings. The first-order valence-electron chi connectivity index (χ1n) is 2.70. The van der Waals surface area contributed by atoms with Crippen molar-refractivity contribution in [3.05, 3.63) is 0 Å². The van der Waals surface area contributed by atoms with Crippen molar-refractivity contribution in [3.63, 3.8) is 0 Å². The van der Waals surface area contributed by atoms with Gasteiger partial charge in [0, 0.05) is 14.2 Å². The van der Waals surface area contributed by atoms with Crippen LogP contribution in [-0.2, 0) is 4.74 Å². The van der Waals surface area contributed by atoms with E-state index in [1.807, 2.05) is 0 Å². The molecule has 1 radical (unpaired) electrons. The highest BCUT2D eigenvalue weighted by atomic mass is 16.5. The largest absolute Gasteiger partial charge is 0.383 e. The smallest absolute Gasteiger partial charge is 0.210 e. The summed E-state index contributed by atoms with van der Waals surface area (Å²) in [4.78, 5) is 3.84. The van der Waals surface area contributed by atoms with Gasteiger partial charge < -0.3 is 10.5 Å². The molecule has 0 atom stereocenters. The van der Waals surface area contributed by atoms with Crippen LogP contribution in [0.3, 0.4) is 0 Å². The van der Waals surface area contributed by atoms with Gasteiger partial charge in [-0.15, -0.1) is 0 Å². The van der Waals surface area contributed by atoms with Gasteiger partial charge in [0.15, 0.2) is 0 Å². The molecule has 2 N–H and O–H groups in total. The molecule has 0 saturated heterocycles. The van der Waals surface area contributed by atoms with Gasteiger partial charge in [-0.05, 0) is 0 Å². The molecule has 0 aromatic heterocycles. The molecule has 0 aliphatic rings. The van der Waals surface area contributed by atoms with Gasteiger partial charge in [-0.25, -0.2) is 4.99 Å². The number of hydrogen-bond donors (Lipinski definition) is 1. The normalized spacial score (nSPS) is 11.6. The van der Waals surface area contributed by atoms with E-state index in [0.717, 1.165) is 0 Å². The van der Waals surface area contributed by atoms with Crippen LogP contribution in [0, 0.1) is 0 Å². The lowest BCUT2D eigenvalue weighted by atomic mass is 10.7. The third kappa shape index (κ3) is 5.10. The van der Waals surface area contributed by atoms with E-state index in [4.69, 9.17) is 10.5 Å². The first-order valence-corrected chi connectivity index (χ1v) is 2.70. The Bertz CT molecular complexity index is 92.2. The summed E-state index contributed by atoms with van der Waals surface area (Å²) in [7, 11) is 3.22. The minimum Gasteiger partial charge on any atom is -0.383 e. The van der Waals surface area contributed by atoms with Gasteiger partial charge in [0.1, 0.15) is 0 Å². The fraction of sp³-hybridized carbons (Fsp3) is 0.800. The van der Waals surface area contributed by atoms with Crippen molar-refractivity contribution in [2.75, 3.05) is 27.3 Å². The lowest BCUT2D eigenvalue weighted by Gasteiger charge is -1.94. The first kappa shape index (κ1) is 8.23. The fourth-order valence-corrected chi connectivity index (χ4v) is 0.322. The number of ether oxygens (including phenoxy) is 1. The highest BCUT2D eigenvalue weighted by Crippen LogP contribution is 1.70. The van der Waals surface area contributed by atoms with Crippen molar-refractivity contribution < 1.29 is 4.74 Å². The number of hydrogen-bond acceptors (Lipinski definition) is 2. The van der Waals surface area contributed by atoms with Crippen LogP contribution in [0.5, 0.6) is 0 Å². The summed E-state index contributed by atoms with van der Waals surface area (Å²) in [5.74, 6) is 0.326. The number of methoxy groups -OCH3 is 1. The number of aliphatic imine (C=N–C) groups is 1. The summed E-state index contributed by atoms with van der Waals surface area (Å²) < 4.78 is 4.73. The highest BCUT2D eigenvalue weighted by molar-refractivity contribution is 5.77. The molecule has 0 amide bonds. The molecule has 0 aromatic carbocycles. The zero-order valence-electron chi connectivity index (χ0n) is 5.79. The molecule has 0 saturated carbocycles. The zero-order chi connectivity index (χ0) is 7.11. The predicted octanol–water partition coefficient (Wildman–Crippen LogP) is -0.818. The molecule has 53 valence electrons. The quantitative estimate of drug-likeness (QED) is 0.308. The molecule has 0 aliphatic carbocycles. The van der Waals surface area contributed by atoms with Crippen molar-refractivity contribution in [1.82, 2.24) is 5.32 Å². The second-order valence-electron chi connectivity index (χ2n) is 1.46. The van der Waals surface area contributed by atoms with Gasteiger partial charge in [0.2, 0.25) is 5.96 Å². The van der Waals surface area contributed by atoms with Gasteiger partial charge in [-0.1, -0.05) is 0 Å². The van der Waals surface area contributed by atoms with E-state index in [9.17, 15) is 0 Å². The van der Waals surface area contributed by atoms with Crippen molar-refractivity contribution >= 4 is 5.96 Å². The monoisotopic (exact) mass is 130 g/mol. The molecule has 0 heterocycles. The van der Waals surface area contributed by atoms with Crippen LogP contribution < -0.4 is 11.1 Å². The van der Waals surface area contributed by atoms with Crippen molar-refractivity contribution in [2.24, 2.45) is 10.7 Å². The first-order chi connectivity index (χ1) is 4.31. The van der Waals surface area contributed by atoms with E-state index in [1.54, 1.807) is 14.2 Å². The maximum absolute atomic E-state index is 5.24. The van der Waals surface area contributed by atoms with E-state index in [-0.39, 0.29) is 0 Å². The van der Waals surface area contributed by atoms with Crippen molar-refractivity contribution in [2.45, 2.75) is 0 Å². The molecular formula is C5H12N3O.